The van der Waals surface area contributed by atoms with Gasteiger partial charge in [-0.25, -0.2) is 0 Å². The first-order valence-electron chi connectivity index (χ1n) is 6.98. The maximum atomic E-state index is 12.6. The Hall–Kier alpha value is -2.10. The van der Waals surface area contributed by atoms with Crippen LogP contribution >= 0.6 is 11.6 Å². The van der Waals surface area contributed by atoms with E-state index >= 15 is 0 Å². The van der Waals surface area contributed by atoms with Gasteiger partial charge in [-0.05, 0) is 18.2 Å². The molecule has 3 aromatic rings. The van der Waals surface area contributed by atoms with E-state index in [1.807, 2.05) is 0 Å². The summed E-state index contributed by atoms with van der Waals surface area (Å²) in [5.74, 6) is 0.356. The zero-order valence-electron chi connectivity index (χ0n) is 12.8. The minimum absolute atomic E-state index is 0.0236. The van der Waals surface area contributed by atoms with E-state index in [1.54, 1.807) is 6.07 Å². The van der Waals surface area contributed by atoms with Crippen molar-refractivity contribution < 1.29 is 22.8 Å². The summed E-state index contributed by atoms with van der Waals surface area (Å²) in [5, 5.41) is 0.552. The number of imidazole rings is 1. The minimum Gasteiger partial charge on any atom is -0.609 e. The van der Waals surface area contributed by atoms with Crippen molar-refractivity contribution in [2.75, 3.05) is 7.11 Å². The average Bonchev–Trinajstić information content (AvgIpc) is 2.98. The smallest absolute Gasteiger partial charge is 0.387 e. The van der Waals surface area contributed by atoms with Crippen LogP contribution in [0.4, 0.5) is 8.78 Å². The second-order valence-electron chi connectivity index (χ2n) is 4.86. The highest BCUT2D eigenvalue weighted by Gasteiger charge is 2.22. The summed E-state index contributed by atoms with van der Waals surface area (Å²) in [6, 6.07) is 5.81. The molecule has 1 atom stereocenters. The Kier molecular flexibility index (Phi) is 5.26. The third kappa shape index (κ3) is 3.94. The van der Waals surface area contributed by atoms with Crippen molar-refractivity contribution in [2.24, 2.45) is 0 Å². The molecule has 0 fully saturated rings. The predicted octanol–water partition coefficient (Wildman–Crippen LogP) is 3.53. The number of hydrogen-bond acceptors (Lipinski definition) is 5. The van der Waals surface area contributed by atoms with E-state index in [1.165, 1.54) is 31.5 Å². The molecular weight excluding hydrogens is 376 g/mol. The fourth-order valence-electron chi connectivity index (χ4n) is 2.22. The Balaban J connectivity index is 1.85. The monoisotopic (exact) mass is 387 g/mol. The van der Waals surface area contributed by atoms with Crippen molar-refractivity contribution in [3.63, 3.8) is 0 Å². The van der Waals surface area contributed by atoms with Crippen LogP contribution in [0.3, 0.4) is 0 Å². The quantitative estimate of drug-likeness (QED) is 0.654. The molecule has 3 rings (SSSR count). The topological polar surface area (TPSA) is 83.1 Å². The minimum atomic E-state index is -2.92. The van der Waals surface area contributed by atoms with E-state index < -0.39 is 17.8 Å². The summed E-state index contributed by atoms with van der Waals surface area (Å²) in [7, 11) is 1.45. The first-order chi connectivity index (χ1) is 12.0. The molecule has 0 amide bonds. The van der Waals surface area contributed by atoms with Crippen LogP contribution in [0, 0.1) is 0 Å². The summed E-state index contributed by atoms with van der Waals surface area (Å²) < 4.78 is 46.6. The third-order valence-electron chi connectivity index (χ3n) is 3.28. The molecule has 10 heteroatoms. The summed E-state index contributed by atoms with van der Waals surface area (Å²) in [4.78, 5) is 11.2. The van der Waals surface area contributed by atoms with Crippen molar-refractivity contribution >= 4 is 33.8 Å². The second-order valence-corrected chi connectivity index (χ2v) is 6.64. The van der Waals surface area contributed by atoms with Crippen molar-refractivity contribution in [1.82, 2.24) is 15.0 Å². The van der Waals surface area contributed by atoms with Gasteiger partial charge in [0.2, 0.25) is 0 Å². The maximum absolute atomic E-state index is 12.6. The molecule has 132 valence electrons. The number of H-pyrrole nitrogens is 1. The lowest BCUT2D eigenvalue weighted by atomic mass is 10.3. The van der Waals surface area contributed by atoms with Gasteiger partial charge >= 0.3 is 11.8 Å². The van der Waals surface area contributed by atoms with Gasteiger partial charge in [0.05, 0.1) is 23.2 Å². The summed E-state index contributed by atoms with van der Waals surface area (Å²) >= 11 is 4.46. The van der Waals surface area contributed by atoms with Crippen LogP contribution in [0.1, 0.15) is 5.69 Å². The Morgan fingerprint density at radius 1 is 1.36 bits per heavy atom. The number of aromatic amines is 1. The van der Waals surface area contributed by atoms with E-state index in [9.17, 15) is 13.3 Å². The van der Waals surface area contributed by atoms with E-state index in [2.05, 4.69) is 19.7 Å². The van der Waals surface area contributed by atoms with Crippen LogP contribution in [0.25, 0.3) is 11.0 Å². The number of alkyl halides is 2. The third-order valence-corrected chi connectivity index (χ3v) is 4.73. The van der Waals surface area contributed by atoms with E-state index in [4.69, 9.17) is 16.3 Å². The Morgan fingerprint density at radius 3 is 2.88 bits per heavy atom. The van der Waals surface area contributed by atoms with Gasteiger partial charge < -0.3 is 14.0 Å². The first-order valence-corrected chi connectivity index (χ1v) is 8.68. The van der Waals surface area contributed by atoms with Gasteiger partial charge in [0.15, 0.2) is 11.5 Å². The SMILES string of the molecule is COc1c(Cl)ccnc1C[S+]([O-])c1nc2cc(OC(F)F)ccc2[nH]1. The van der Waals surface area contributed by atoms with Gasteiger partial charge in [0.1, 0.15) is 11.4 Å². The van der Waals surface area contributed by atoms with E-state index in [0.29, 0.717) is 27.5 Å². The number of benzene rings is 1. The van der Waals surface area contributed by atoms with Crippen LogP contribution in [0.15, 0.2) is 35.6 Å². The van der Waals surface area contributed by atoms with Crippen LogP contribution in [-0.4, -0.2) is 33.2 Å². The Bertz CT molecular complexity index is 894. The van der Waals surface area contributed by atoms with Gasteiger partial charge in [-0.1, -0.05) is 11.6 Å². The molecule has 0 saturated carbocycles. The molecule has 0 aliphatic carbocycles. The van der Waals surface area contributed by atoms with Crippen molar-refractivity contribution in [2.45, 2.75) is 17.5 Å². The fraction of sp³-hybridized carbons (Fsp3) is 0.200. The number of hydrogen-bond donors (Lipinski definition) is 1. The highest BCUT2D eigenvalue weighted by Crippen LogP contribution is 2.29. The molecule has 1 unspecified atom stereocenters. The number of methoxy groups -OCH3 is 1. The summed E-state index contributed by atoms with van der Waals surface area (Å²) in [6.45, 7) is -2.92. The zero-order valence-corrected chi connectivity index (χ0v) is 14.4. The number of aromatic nitrogens is 3. The lowest BCUT2D eigenvalue weighted by Gasteiger charge is -2.10. The standard InChI is InChI=1S/C15H12ClF2N3O3S/c1-23-13-9(16)4-5-19-12(13)7-25(22)15-20-10-3-2-8(24-14(17)18)6-11(10)21-15/h2-6,14H,7H2,1H3,(H,20,21). The Labute approximate surface area is 149 Å². The Morgan fingerprint density at radius 2 is 2.16 bits per heavy atom. The highest BCUT2D eigenvalue weighted by atomic mass is 35.5. The molecule has 2 aromatic heterocycles. The number of nitrogens with one attached hydrogen (secondary N) is 1. The molecule has 0 radical (unpaired) electrons. The fourth-order valence-corrected chi connectivity index (χ4v) is 3.48. The van der Waals surface area contributed by atoms with Gasteiger partial charge in [0.25, 0.3) is 0 Å². The predicted molar refractivity (Wildman–Crippen MR) is 88.6 cm³/mol. The van der Waals surface area contributed by atoms with Crippen LogP contribution in [0.2, 0.25) is 5.02 Å². The molecule has 1 aromatic carbocycles. The summed E-state index contributed by atoms with van der Waals surface area (Å²) in [5.41, 5.74) is 1.35. The first kappa shape index (κ1) is 17.7. The van der Waals surface area contributed by atoms with Crippen molar-refractivity contribution in [1.29, 1.82) is 0 Å². The number of rotatable bonds is 6. The van der Waals surface area contributed by atoms with Gasteiger partial charge in [-0.15, -0.1) is 0 Å². The molecule has 0 aliphatic rings. The zero-order chi connectivity index (χ0) is 18.0. The average molecular weight is 388 g/mol. The molecule has 0 spiro atoms. The maximum Gasteiger partial charge on any atom is 0.387 e. The normalized spacial score (nSPS) is 12.6. The van der Waals surface area contributed by atoms with Gasteiger partial charge in [0, 0.05) is 23.4 Å². The number of halogens is 3. The van der Waals surface area contributed by atoms with Crippen LogP contribution in [0.5, 0.6) is 11.5 Å². The molecule has 0 saturated heterocycles. The summed E-state index contributed by atoms with van der Waals surface area (Å²) in [6.07, 6.45) is 1.49. The molecule has 2 heterocycles. The second kappa shape index (κ2) is 7.42. The molecule has 1 N–H and O–H groups in total. The molecule has 0 bridgehead atoms. The van der Waals surface area contributed by atoms with Crippen molar-refractivity contribution in [3.8, 4) is 11.5 Å². The molecule has 0 aliphatic heterocycles. The van der Waals surface area contributed by atoms with E-state index in [0.717, 1.165) is 0 Å². The largest absolute Gasteiger partial charge is 0.609 e. The van der Waals surface area contributed by atoms with E-state index in [-0.39, 0.29) is 16.7 Å². The van der Waals surface area contributed by atoms with Gasteiger partial charge in [-0.3, -0.25) is 9.97 Å². The lowest BCUT2D eigenvalue weighted by molar-refractivity contribution is -0.0497. The highest BCUT2D eigenvalue weighted by molar-refractivity contribution is 7.90. The number of ether oxygens (including phenoxy) is 2. The number of fused-ring (bicyclic) bond motifs is 1. The number of pyridine rings is 1. The molecule has 6 nitrogen and oxygen atoms in total. The van der Waals surface area contributed by atoms with Crippen LogP contribution < -0.4 is 9.47 Å². The number of nitrogens with zero attached hydrogens (tertiary/aromatic N) is 2. The molecule has 25 heavy (non-hydrogen) atoms. The van der Waals surface area contributed by atoms with Crippen molar-refractivity contribution in [3.05, 3.63) is 41.2 Å². The van der Waals surface area contributed by atoms with Gasteiger partial charge in [-0.2, -0.15) is 13.8 Å². The van der Waals surface area contributed by atoms with Crippen LogP contribution in [-0.2, 0) is 16.9 Å². The lowest BCUT2D eigenvalue weighted by Crippen LogP contribution is -2.09. The molecular formula is C15H12ClF2N3O3S.